The average molecular weight is 322 g/mol. The van der Waals surface area contributed by atoms with Crippen molar-refractivity contribution in [2.45, 2.75) is 5.88 Å². The molecule has 0 aliphatic heterocycles. The van der Waals surface area contributed by atoms with Crippen LogP contribution in [0.1, 0.15) is 5.56 Å². The molecule has 5 heteroatoms. The fourth-order valence-corrected chi connectivity index (χ4v) is 2.07. The summed E-state index contributed by atoms with van der Waals surface area (Å²) in [5.41, 5.74) is 0.933. The van der Waals surface area contributed by atoms with Crippen LogP contribution in [0.15, 0.2) is 36.4 Å². The van der Waals surface area contributed by atoms with E-state index in [9.17, 15) is 0 Å². The van der Waals surface area contributed by atoms with E-state index < -0.39 is 0 Å². The number of hydrogen-bond acceptors (Lipinski definition) is 1. The third kappa shape index (κ3) is 3.24. The van der Waals surface area contributed by atoms with Crippen LogP contribution >= 0.6 is 46.4 Å². The zero-order valence-corrected chi connectivity index (χ0v) is 12.1. The molecule has 0 radical (unpaired) electrons. The van der Waals surface area contributed by atoms with E-state index in [1.165, 1.54) is 0 Å². The lowest BCUT2D eigenvalue weighted by Crippen LogP contribution is -1.87. The fraction of sp³-hybridized carbons (Fsp3) is 0.0769. The molecule has 1 nitrogen and oxygen atoms in total. The Bertz CT molecular complexity index is 569. The van der Waals surface area contributed by atoms with Gasteiger partial charge in [0.05, 0.1) is 15.1 Å². The summed E-state index contributed by atoms with van der Waals surface area (Å²) in [6.45, 7) is 0. The van der Waals surface area contributed by atoms with Crippen LogP contribution in [0.2, 0.25) is 15.1 Å². The first-order valence-electron chi connectivity index (χ1n) is 5.07. The maximum atomic E-state index is 6.09. The summed E-state index contributed by atoms with van der Waals surface area (Å²) in [6.07, 6.45) is 0. The smallest absolute Gasteiger partial charge is 0.146 e. The third-order valence-electron chi connectivity index (χ3n) is 2.27. The number of rotatable bonds is 3. The molecule has 2 rings (SSSR count). The minimum absolute atomic E-state index is 0.409. The van der Waals surface area contributed by atoms with E-state index in [0.29, 0.717) is 32.4 Å². The zero-order valence-electron chi connectivity index (χ0n) is 9.09. The average Bonchev–Trinajstić information content (AvgIpc) is 2.36. The van der Waals surface area contributed by atoms with E-state index in [0.717, 1.165) is 5.56 Å². The van der Waals surface area contributed by atoms with Crippen molar-refractivity contribution in [1.29, 1.82) is 0 Å². The Hall–Kier alpha value is -0.600. The Morgan fingerprint density at radius 1 is 0.833 bits per heavy atom. The molecule has 0 aliphatic carbocycles. The largest absolute Gasteiger partial charge is 0.456 e. The molecule has 0 N–H and O–H groups in total. The van der Waals surface area contributed by atoms with E-state index in [2.05, 4.69) is 0 Å². The molecule has 2 aromatic rings. The van der Waals surface area contributed by atoms with Gasteiger partial charge in [-0.05, 0) is 29.8 Å². The van der Waals surface area contributed by atoms with Gasteiger partial charge in [-0.3, -0.25) is 0 Å². The van der Waals surface area contributed by atoms with Crippen molar-refractivity contribution < 1.29 is 4.74 Å². The van der Waals surface area contributed by atoms with E-state index in [1.807, 2.05) is 6.07 Å². The van der Waals surface area contributed by atoms with Crippen LogP contribution in [0.4, 0.5) is 0 Å². The SMILES string of the molecule is ClCc1ccc(Oc2ccc(Cl)c(Cl)c2)c(Cl)c1. The van der Waals surface area contributed by atoms with Gasteiger partial charge in [0.1, 0.15) is 11.5 Å². The molecule has 0 bridgehead atoms. The molecule has 0 unspecified atom stereocenters. The van der Waals surface area contributed by atoms with Crippen molar-refractivity contribution in [3.05, 3.63) is 57.0 Å². The molecular formula is C13H8Cl4O. The molecule has 0 saturated carbocycles. The van der Waals surface area contributed by atoms with Crippen LogP contribution in [-0.2, 0) is 5.88 Å². The number of ether oxygens (including phenoxy) is 1. The second-order valence-electron chi connectivity index (χ2n) is 3.58. The summed E-state index contributed by atoms with van der Waals surface area (Å²) in [4.78, 5) is 0. The van der Waals surface area contributed by atoms with Gasteiger partial charge in [-0.1, -0.05) is 40.9 Å². The van der Waals surface area contributed by atoms with Gasteiger partial charge >= 0.3 is 0 Å². The lowest BCUT2D eigenvalue weighted by atomic mass is 10.2. The molecule has 94 valence electrons. The lowest BCUT2D eigenvalue weighted by Gasteiger charge is -2.09. The minimum Gasteiger partial charge on any atom is -0.456 e. The molecule has 0 aliphatic rings. The summed E-state index contributed by atoms with van der Waals surface area (Å²) < 4.78 is 5.63. The topological polar surface area (TPSA) is 9.23 Å². The van der Waals surface area contributed by atoms with E-state index >= 15 is 0 Å². The van der Waals surface area contributed by atoms with E-state index in [4.69, 9.17) is 51.1 Å². The molecule has 0 aromatic heterocycles. The van der Waals surface area contributed by atoms with Gasteiger partial charge in [-0.25, -0.2) is 0 Å². The molecule has 0 saturated heterocycles. The van der Waals surface area contributed by atoms with Crippen LogP contribution in [0.3, 0.4) is 0 Å². The van der Waals surface area contributed by atoms with Gasteiger partial charge in [0.25, 0.3) is 0 Å². The predicted octanol–water partition coefficient (Wildman–Crippen LogP) is 6.18. The number of alkyl halides is 1. The number of halogens is 4. The normalized spacial score (nSPS) is 10.4. The number of benzene rings is 2. The Balaban J connectivity index is 2.25. The van der Waals surface area contributed by atoms with Crippen molar-refractivity contribution in [1.82, 2.24) is 0 Å². The summed E-state index contributed by atoms with van der Waals surface area (Å²) >= 11 is 23.5. The van der Waals surface area contributed by atoms with E-state index in [-0.39, 0.29) is 0 Å². The van der Waals surface area contributed by atoms with Crippen LogP contribution in [0.5, 0.6) is 11.5 Å². The number of hydrogen-bond donors (Lipinski definition) is 0. The maximum Gasteiger partial charge on any atom is 0.146 e. The van der Waals surface area contributed by atoms with Crippen LogP contribution < -0.4 is 4.74 Å². The summed E-state index contributed by atoms with van der Waals surface area (Å²) in [6, 6.07) is 10.4. The Labute approximate surface area is 125 Å². The van der Waals surface area contributed by atoms with Crippen molar-refractivity contribution >= 4 is 46.4 Å². The Kier molecular flexibility index (Phi) is 4.63. The van der Waals surface area contributed by atoms with Gasteiger partial charge in [0.2, 0.25) is 0 Å². The first kappa shape index (κ1) is 13.8. The Morgan fingerprint density at radius 3 is 2.22 bits per heavy atom. The molecular weight excluding hydrogens is 314 g/mol. The Morgan fingerprint density at radius 2 is 1.61 bits per heavy atom. The summed E-state index contributed by atoms with van der Waals surface area (Å²) in [7, 11) is 0. The van der Waals surface area contributed by atoms with Crippen molar-refractivity contribution in [2.75, 3.05) is 0 Å². The standard InChI is InChI=1S/C13H8Cl4O/c14-7-8-1-4-13(12(17)5-8)18-9-2-3-10(15)11(16)6-9/h1-6H,7H2. The van der Waals surface area contributed by atoms with Gasteiger partial charge in [0, 0.05) is 11.9 Å². The van der Waals surface area contributed by atoms with Gasteiger partial charge in [-0.15, -0.1) is 11.6 Å². The molecule has 0 amide bonds. The highest BCUT2D eigenvalue weighted by Crippen LogP contribution is 2.33. The highest BCUT2D eigenvalue weighted by atomic mass is 35.5. The van der Waals surface area contributed by atoms with Crippen LogP contribution in [0.25, 0.3) is 0 Å². The second-order valence-corrected chi connectivity index (χ2v) is 5.07. The molecule has 0 atom stereocenters. The van der Waals surface area contributed by atoms with Gasteiger partial charge in [0.15, 0.2) is 0 Å². The van der Waals surface area contributed by atoms with E-state index in [1.54, 1.807) is 30.3 Å². The van der Waals surface area contributed by atoms with Gasteiger partial charge < -0.3 is 4.74 Å². The first-order chi connectivity index (χ1) is 8.60. The van der Waals surface area contributed by atoms with Crippen LogP contribution in [-0.4, -0.2) is 0 Å². The van der Waals surface area contributed by atoms with Gasteiger partial charge in [-0.2, -0.15) is 0 Å². The zero-order chi connectivity index (χ0) is 13.1. The lowest BCUT2D eigenvalue weighted by molar-refractivity contribution is 0.483. The molecule has 2 aromatic carbocycles. The highest BCUT2D eigenvalue weighted by molar-refractivity contribution is 6.42. The fourth-order valence-electron chi connectivity index (χ4n) is 1.38. The third-order valence-corrected chi connectivity index (χ3v) is 3.61. The molecule has 0 fully saturated rings. The predicted molar refractivity (Wildman–Crippen MR) is 77.5 cm³/mol. The monoisotopic (exact) mass is 320 g/mol. The van der Waals surface area contributed by atoms with Crippen molar-refractivity contribution in [3.63, 3.8) is 0 Å². The molecule has 0 heterocycles. The quantitative estimate of drug-likeness (QED) is 0.613. The molecule has 18 heavy (non-hydrogen) atoms. The molecule has 0 spiro atoms. The summed E-state index contributed by atoms with van der Waals surface area (Å²) in [5.74, 6) is 1.53. The second kappa shape index (κ2) is 6.03. The minimum atomic E-state index is 0.409. The van der Waals surface area contributed by atoms with Crippen LogP contribution in [0, 0.1) is 0 Å². The van der Waals surface area contributed by atoms with Crippen molar-refractivity contribution in [2.24, 2.45) is 0 Å². The first-order valence-corrected chi connectivity index (χ1v) is 6.74. The summed E-state index contributed by atoms with van der Waals surface area (Å²) in [5, 5.41) is 1.41. The maximum absolute atomic E-state index is 6.09. The van der Waals surface area contributed by atoms with Crippen molar-refractivity contribution in [3.8, 4) is 11.5 Å². The highest BCUT2D eigenvalue weighted by Gasteiger charge is 2.06.